The van der Waals surface area contributed by atoms with E-state index >= 15 is 0 Å². The minimum atomic E-state index is 0.601. The molecule has 0 bridgehead atoms. The molecule has 0 saturated carbocycles. The Balaban J connectivity index is 1.97. The average Bonchev–Trinajstić information content (AvgIpc) is 2.46. The minimum absolute atomic E-state index is 0.601. The van der Waals surface area contributed by atoms with Crippen LogP contribution in [0.4, 0.5) is 5.82 Å². The molecule has 1 aliphatic carbocycles. The first-order valence-corrected chi connectivity index (χ1v) is 6.77. The number of anilines is 1. The van der Waals surface area contributed by atoms with Crippen molar-refractivity contribution in [2.75, 3.05) is 32.4 Å². The number of fused-ring (bicyclic) bond motifs is 1. The van der Waals surface area contributed by atoms with Crippen LogP contribution >= 0.6 is 0 Å². The summed E-state index contributed by atoms with van der Waals surface area (Å²) in [6.45, 7) is 1.82. The Kier molecular flexibility index (Phi) is 5.50. The van der Waals surface area contributed by atoms with Crippen LogP contribution < -0.4 is 11.3 Å². The van der Waals surface area contributed by atoms with Crippen LogP contribution in [-0.2, 0) is 28.7 Å². The van der Waals surface area contributed by atoms with Crippen LogP contribution in [0.3, 0.4) is 0 Å². The van der Waals surface area contributed by atoms with Crippen molar-refractivity contribution in [1.29, 1.82) is 0 Å². The van der Waals surface area contributed by atoms with Crippen LogP contribution in [0.2, 0.25) is 0 Å². The lowest BCUT2D eigenvalue weighted by Gasteiger charge is -2.18. The number of rotatable bonds is 7. The zero-order valence-electron chi connectivity index (χ0n) is 11.4. The Labute approximate surface area is 113 Å². The van der Waals surface area contributed by atoms with Crippen LogP contribution in [0.15, 0.2) is 0 Å². The van der Waals surface area contributed by atoms with Gasteiger partial charge in [0.2, 0.25) is 0 Å². The van der Waals surface area contributed by atoms with Crippen molar-refractivity contribution < 1.29 is 9.47 Å². The molecule has 0 radical (unpaired) electrons. The topological polar surface area (TPSA) is 82.3 Å². The minimum Gasteiger partial charge on any atom is -0.382 e. The fourth-order valence-electron chi connectivity index (χ4n) is 2.28. The molecule has 0 spiro atoms. The number of hydrazine groups is 1. The maximum absolute atomic E-state index is 5.55. The average molecular weight is 266 g/mol. The summed E-state index contributed by atoms with van der Waals surface area (Å²) in [5.74, 6) is 7.12. The van der Waals surface area contributed by atoms with E-state index in [2.05, 4.69) is 15.4 Å². The van der Waals surface area contributed by atoms with Crippen molar-refractivity contribution >= 4 is 5.82 Å². The molecule has 0 unspecified atom stereocenters. The molecule has 0 amide bonds. The monoisotopic (exact) mass is 266 g/mol. The Morgan fingerprint density at radius 3 is 2.79 bits per heavy atom. The normalized spacial score (nSPS) is 14.2. The second-order valence-corrected chi connectivity index (χ2v) is 4.62. The van der Waals surface area contributed by atoms with Crippen molar-refractivity contribution in [2.24, 2.45) is 5.84 Å². The number of nitrogens with zero attached hydrogens (tertiary/aromatic N) is 2. The molecule has 2 rings (SSSR count). The van der Waals surface area contributed by atoms with Gasteiger partial charge in [-0.05, 0) is 25.7 Å². The van der Waals surface area contributed by atoms with E-state index in [1.54, 1.807) is 7.11 Å². The number of aryl methyl sites for hydroxylation is 1. The van der Waals surface area contributed by atoms with Gasteiger partial charge in [-0.3, -0.25) is 0 Å². The summed E-state index contributed by atoms with van der Waals surface area (Å²) >= 11 is 0. The van der Waals surface area contributed by atoms with Crippen LogP contribution in [-0.4, -0.2) is 36.9 Å². The van der Waals surface area contributed by atoms with Gasteiger partial charge in [-0.15, -0.1) is 0 Å². The number of nitrogens with two attached hydrogens (primary N) is 1. The van der Waals surface area contributed by atoms with Gasteiger partial charge >= 0.3 is 0 Å². The fraction of sp³-hybridized carbons (Fsp3) is 0.692. The largest absolute Gasteiger partial charge is 0.382 e. The lowest BCUT2D eigenvalue weighted by molar-refractivity contribution is 0.0716. The first-order chi connectivity index (χ1) is 9.35. The number of aromatic nitrogens is 2. The van der Waals surface area contributed by atoms with E-state index in [-0.39, 0.29) is 0 Å². The smallest absolute Gasteiger partial charge is 0.147 e. The summed E-state index contributed by atoms with van der Waals surface area (Å²) < 4.78 is 10.4. The Morgan fingerprint density at radius 2 is 2.00 bits per heavy atom. The van der Waals surface area contributed by atoms with E-state index in [1.807, 2.05) is 0 Å². The molecule has 1 aromatic heterocycles. The van der Waals surface area contributed by atoms with Crippen molar-refractivity contribution in [2.45, 2.75) is 32.1 Å². The Hall–Kier alpha value is -1.24. The van der Waals surface area contributed by atoms with Gasteiger partial charge in [0, 0.05) is 24.8 Å². The standard InChI is InChI=1S/C13H22N4O2/c1-18-8-9-19-7-6-12-15-11-5-3-2-4-10(11)13(16-12)17-14/h2-9,14H2,1H3,(H,15,16,17). The predicted octanol–water partition coefficient (Wildman–Crippen LogP) is 0.846. The molecule has 0 aromatic carbocycles. The number of ether oxygens (including phenoxy) is 2. The van der Waals surface area contributed by atoms with E-state index in [0.29, 0.717) is 26.2 Å². The number of nitrogen functional groups attached to an aromatic ring is 1. The zero-order chi connectivity index (χ0) is 13.5. The highest BCUT2D eigenvalue weighted by Gasteiger charge is 2.17. The maximum atomic E-state index is 5.55. The predicted molar refractivity (Wildman–Crippen MR) is 72.9 cm³/mol. The van der Waals surface area contributed by atoms with Gasteiger partial charge in [-0.1, -0.05) is 0 Å². The molecular weight excluding hydrogens is 244 g/mol. The summed E-state index contributed by atoms with van der Waals surface area (Å²) in [5.41, 5.74) is 5.01. The van der Waals surface area contributed by atoms with Crippen molar-refractivity contribution in [1.82, 2.24) is 9.97 Å². The molecule has 0 fully saturated rings. The molecule has 1 heterocycles. The highest BCUT2D eigenvalue weighted by molar-refractivity contribution is 5.46. The van der Waals surface area contributed by atoms with Gasteiger partial charge in [0.1, 0.15) is 11.6 Å². The first kappa shape index (κ1) is 14.2. The molecule has 106 valence electrons. The lowest BCUT2D eigenvalue weighted by Crippen LogP contribution is -2.18. The lowest BCUT2D eigenvalue weighted by atomic mass is 9.96. The number of hydrogen-bond acceptors (Lipinski definition) is 6. The molecule has 0 atom stereocenters. The summed E-state index contributed by atoms with van der Waals surface area (Å²) in [7, 11) is 1.66. The van der Waals surface area contributed by atoms with Gasteiger partial charge in [-0.25, -0.2) is 15.8 Å². The Morgan fingerprint density at radius 1 is 1.16 bits per heavy atom. The second kappa shape index (κ2) is 7.37. The summed E-state index contributed by atoms with van der Waals surface area (Å²) in [6.07, 6.45) is 5.11. The number of hydrogen-bond donors (Lipinski definition) is 2. The number of nitrogens with one attached hydrogen (secondary N) is 1. The summed E-state index contributed by atoms with van der Waals surface area (Å²) in [5, 5.41) is 0. The Bertz CT molecular complexity index is 395. The van der Waals surface area contributed by atoms with E-state index in [9.17, 15) is 0 Å². The van der Waals surface area contributed by atoms with Crippen molar-refractivity contribution in [3.63, 3.8) is 0 Å². The van der Waals surface area contributed by atoms with Crippen LogP contribution in [0.1, 0.15) is 29.9 Å². The highest BCUT2D eigenvalue weighted by Crippen LogP contribution is 2.24. The van der Waals surface area contributed by atoms with Gasteiger partial charge in [-0.2, -0.15) is 0 Å². The van der Waals surface area contributed by atoms with Gasteiger partial charge in [0.15, 0.2) is 0 Å². The van der Waals surface area contributed by atoms with E-state index < -0.39 is 0 Å². The molecule has 6 nitrogen and oxygen atoms in total. The third kappa shape index (κ3) is 3.86. The maximum Gasteiger partial charge on any atom is 0.147 e. The van der Waals surface area contributed by atoms with Gasteiger partial charge < -0.3 is 14.9 Å². The second-order valence-electron chi connectivity index (χ2n) is 4.62. The molecule has 19 heavy (non-hydrogen) atoms. The third-order valence-electron chi connectivity index (χ3n) is 3.27. The molecule has 0 aliphatic heterocycles. The molecule has 6 heteroatoms. The highest BCUT2D eigenvalue weighted by atomic mass is 16.5. The van der Waals surface area contributed by atoms with Crippen molar-refractivity contribution in [3.8, 4) is 0 Å². The third-order valence-corrected chi connectivity index (χ3v) is 3.27. The van der Waals surface area contributed by atoms with E-state index in [4.69, 9.17) is 15.3 Å². The quantitative estimate of drug-likeness (QED) is 0.432. The molecule has 1 aliphatic rings. The first-order valence-electron chi connectivity index (χ1n) is 6.77. The fourth-order valence-corrected chi connectivity index (χ4v) is 2.28. The van der Waals surface area contributed by atoms with Crippen molar-refractivity contribution in [3.05, 3.63) is 17.1 Å². The SMILES string of the molecule is COCCOCCc1nc2c(c(NN)n1)CCCC2. The summed E-state index contributed by atoms with van der Waals surface area (Å²) in [6, 6.07) is 0. The van der Waals surface area contributed by atoms with Crippen LogP contribution in [0, 0.1) is 0 Å². The number of methoxy groups -OCH3 is 1. The van der Waals surface area contributed by atoms with E-state index in [0.717, 1.165) is 30.2 Å². The van der Waals surface area contributed by atoms with Gasteiger partial charge in [0.05, 0.1) is 19.8 Å². The molecule has 3 N–H and O–H groups in total. The van der Waals surface area contributed by atoms with E-state index in [1.165, 1.54) is 18.4 Å². The summed E-state index contributed by atoms with van der Waals surface area (Å²) in [4.78, 5) is 9.09. The molecule has 1 aromatic rings. The molecule has 0 saturated heterocycles. The van der Waals surface area contributed by atoms with Crippen LogP contribution in [0.25, 0.3) is 0 Å². The zero-order valence-corrected chi connectivity index (χ0v) is 11.4. The molecular formula is C13H22N4O2. The van der Waals surface area contributed by atoms with Gasteiger partial charge in [0.25, 0.3) is 0 Å². The van der Waals surface area contributed by atoms with Crippen LogP contribution in [0.5, 0.6) is 0 Å².